The third kappa shape index (κ3) is 2.69. The number of hydrogen-bond donors (Lipinski definition) is 1. The third-order valence-electron chi connectivity index (χ3n) is 2.55. The van der Waals surface area contributed by atoms with E-state index in [0.29, 0.717) is 12.1 Å². The molecule has 88 valence electrons. The van der Waals surface area contributed by atoms with Gasteiger partial charge in [-0.2, -0.15) is 0 Å². The van der Waals surface area contributed by atoms with Gasteiger partial charge in [0.2, 0.25) is 0 Å². The first kappa shape index (κ1) is 11.3. The maximum absolute atomic E-state index is 11.1. The fourth-order valence-electron chi connectivity index (χ4n) is 1.47. The minimum absolute atomic E-state index is 0.0739. The molecule has 0 aliphatic heterocycles. The first-order valence-corrected chi connectivity index (χ1v) is 5.34. The van der Waals surface area contributed by atoms with Gasteiger partial charge in [-0.25, -0.2) is 0 Å². The molecule has 1 N–H and O–H groups in total. The quantitative estimate of drug-likeness (QED) is 0.811. The van der Waals surface area contributed by atoms with E-state index < -0.39 is 0 Å². The summed E-state index contributed by atoms with van der Waals surface area (Å²) in [6.45, 7) is 2.16. The number of aryl methyl sites for hydroxylation is 1. The number of benzene rings is 1. The van der Waals surface area contributed by atoms with Gasteiger partial charge in [0.15, 0.2) is 11.6 Å². The smallest absolute Gasteiger partial charge is 0.159 e. The molecule has 17 heavy (non-hydrogen) atoms. The molecule has 1 aromatic heterocycles. The number of carbonyl (C=O) groups is 1. The van der Waals surface area contributed by atoms with Crippen molar-refractivity contribution in [3.05, 3.63) is 42.0 Å². The Labute approximate surface area is 99.5 Å². The Kier molecular flexibility index (Phi) is 3.18. The fourth-order valence-corrected chi connectivity index (χ4v) is 1.47. The van der Waals surface area contributed by atoms with Crippen molar-refractivity contribution < 1.29 is 4.79 Å². The highest BCUT2D eigenvalue weighted by Gasteiger charge is 2.01. The maximum atomic E-state index is 11.1. The third-order valence-corrected chi connectivity index (χ3v) is 2.55. The molecule has 1 heterocycles. The van der Waals surface area contributed by atoms with Crippen molar-refractivity contribution in [1.29, 1.82) is 0 Å². The van der Waals surface area contributed by atoms with Crippen molar-refractivity contribution in [1.82, 2.24) is 14.8 Å². The van der Waals surface area contributed by atoms with Crippen LogP contribution in [0.4, 0.5) is 5.69 Å². The average molecular weight is 230 g/mol. The van der Waals surface area contributed by atoms with Gasteiger partial charge >= 0.3 is 0 Å². The number of rotatable bonds is 4. The molecular weight excluding hydrogens is 216 g/mol. The van der Waals surface area contributed by atoms with Crippen LogP contribution >= 0.6 is 0 Å². The number of anilines is 1. The average Bonchev–Trinajstić information content (AvgIpc) is 2.73. The van der Waals surface area contributed by atoms with Gasteiger partial charge < -0.3 is 9.88 Å². The minimum atomic E-state index is 0.0739. The molecule has 2 rings (SSSR count). The zero-order valence-electron chi connectivity index (χ0n) is 9.84. The molecule has 0 aliphatic rings. The van der Waals surface area contributed by atoms with E-state index >= 15 is 0 Å². The Morgan fingerprint density at radius 2 is 2.06 bits per heavy atom. The zero-order chi connectivity index (χ0) is 12.3. The molecule has 0 spiro atoms. The fraction of sp³-hybridized carbons (Fsp3) is 0.250. The van der Waals surface area contributed by atoms with Gasteiger partial charge in [0.1, 0.15) is 6.33 Å². The van der Waals surface area contributed by atoms with Gasteiger partial charge in [-0.3, -0.25) is 4.79 Å². The van der Waals surface area contributed by atoms with Gasteiger partial charge in [-0.1, -0.05) is 0 Å². The van der Waals surface area contributed by atoms with E-state index in [9.17, 15) is 4.79 Å². The SMILES string of the molecule is CC(=O)c1ccc(NCc2nncn2C)cc1. The Morgan fingerprint density at radius 1 is 1.35 bits per heavy atom. The van der Waals surface area contributed by atoms with E-state index in [1.54, 1.807) is 25.4 Å². The van der Waals surface area contributed by atoms with Crippen molar-refractivity contribution in [2.24, 2.45) is 7.05 Å². The van der Waals surface area contributed by atoms with Crippen molar-refractivity contribution in [3.8, 4) is 0 Å². The lowest BCUT2D eigenvalue weighted by molar-refractivity contribution is 0.101. The first-order chi connectivity index (χ1) is 8.16. The second-order valence-corrected chi connectivity index (χ2v) is 3.85. The molecule has 5 heteroatoms. The van der Waals surface area contributed by atoms with E-state index in [2.05, 4.69) is 15.5 Å². The van der Waals surface area contributed by atoms with E-state index in [1.807, 2.05) is 23.7 Å². The van der Waals surface area contributed by atoms with Crippen LogP contribution in [0.3, 0.4) is 0 Å². The molecule has 0 atom stereocenters. The molecule has 0 amide bonds. The monoisotopic (exact) mass is 230 g/mol. The summed E-state index contributed by atoms with van der Waals surface area (Å²) < 4.78 is 1.86. The highest BCUT2D eigenvalue weighted by atomic mass is 16.1. The predicted octanol–water partition coefficient (Wildman–Crippen LogP) is 1.63. The van der Waals surface area contributed by atoms with Crippen LogP contribution in [0.5, 0.6) is 0 Å². The predicted molar refractivity (Wildman–Crippen MR) is 64.8 cm³/mol. The summed E-state index contributed by atoms with van der Waals surface area (Å²) >= 11 is 0. The topological polar surface area (TPSA) is 59.8 Å². The second-order valence-electron chi connectivity index (χ2n) is 3.85. The van der Waals surface area contributed by atoms with Crippen LogP contribution in [-0.2, 0) is 13.6 Å². The van der Waals surface area contributed by atoms with Gasteiger partial charge in [-0.05, 0) is 31.2 Å². The van der Waals surface area contributed by atoms with Crippen LogP contribution < -0.4 is 5.32 Å². The summed E-state index contributed by atoms with van der Waals surface area (Å²) in [4.78, 5) is 11.1. The lowest BCUT2D eigenvalue weighted by atomic mass is 10.1. The Bertz CT molecular complexity index is 516. The molecule has 0 saturated carbocycles. The summed E-state index contributed by atoms with van der Waals surface area (Å²) in [5.74, 6) is 0.936. The maximum Gasteiger partial charge on any atom is 0.159 e. The van der Waals surface area contributed by atoms with E-state index in [4.69, 9.17) is 0 Å². The van der Waals surface area contributed by atoms with Crippen LogP contribution in [0.1, 0.15) is 23.1 Å². The summed E-state index contributed by atoms with van der Waals surface area (Å²) in [5, 5.41) is 11.0. The summed E-state index contributed by atoms with van der Waals surface area (Å²) in [6, 6.07) is 7.38. The molecule has 0 unspecified atom stereocenters. The number of nitrogens with zero attached hydrogens (tertiary/aromatic N) is 3. The van der Waals surface area contributed by atoms with Crippen LogP contribution in [0.25, 0.3) is 0 Å². The van der Waals surface area contributed by atoms with Gasteiger partial charge in [0, 0.05) is 18.3 Å². The van der Waals surface area contributed by atoms with Crippen LogP contribution in [-0.4, -0.2) is 20.5 Å². The normalized spacial score (nSPS) is 10.2. The molecule has 0 bridgehead atoms. The Balaban J connectivity index is 2.00. The van der Waals surface area contributed by atoms with Gasteiger partial charge in [-0.15, -0.1) is 10.2 Å². The lowest BCUT2D eigenvalue weighted by Crippen LogP contribution is -2.05. The Hall–Kier alpha value is -2.17. The summed E-state index contributed by atoms with van der Waals surface area (Å²) in [7, 11) is 1.90. The zero-order valence-corrected chi connectivity index (χ0v) is 9.84. The van der Waals surface area contributed by atoms with Crippen molar-refractivity contribution in [3.63, 3.8) is 0 Å². The molecule has 0 aliphatic carbocycles. The first-order valence-electron chi connectivity index (χ1n) is 5.34. The molecule has 0 saturated heterocycles. The van der Waals surface area contributed by atoms with E-state index in [0.717, 1.165) is 11.5 Å². The van der Waals surface area contributed by atoms with Crippen LogP contribution in [0.15, 0.2) is 30.6 Å². The number of hydrogen-bond acceptors (Lipinski definition) is 4. The number of nitrogens with one attached hydrogen (secondary N) is 1. The number of carbonyl (C=O) groups excluding carboxylic acids is 1. The second kappa shape index (κ2) is 4.78. The molecule has 1 aromatic carbocycles. The molecular formula is C12H14N4O. The highest BCUT2D eigenvalue weighted by molar-refractivity contribution is 5.94. The van der Waals surface area contributed by atoms with Gasteiger partial charge in [0.05, 0.1) is 6.54 Å². The molecule has 0 radical (unpaired) electrons. The minimum Gasteiger partial charge on any atom is -0.378 e. The van der Waals surface area contributed by atoms with E-state index in [1.165, 1.54) is 0 Å². The number of Topliss-reactive ketones (excluding diaryl/α,β-unsaturated/α-hetero) is 1. The highest BCUT2D eigenvalue weighted by Crippen LogP contribution is 2.10. The number of aromatic nitrogens is 3. The molecule has 5 nitrogen and oxygen atoms in total. The molecule has 2 aromatic rings. The summed E-state index contributed by atoms with van der Waals surface area (Å²) in [5.41, 5.74) is 1.67. The number of ketones is 1. The summed E-state index contributed by atoms with van der Waals surface area (Å²) in [6.07, 6.45) is 1.66. The van der Waals surface area contributed by atoms with Gasteiger partial charge in [0.25, 0.3) is 0 Å². The van der Waals surface area contributed by atoms with Crippen LogP contribution in [0, 0.1) is 0 Å². The largest absolute Gasteiger partial charge is 0.378 e. The van der Waals surface area contributed by atoms with Crippen molar-refractivity contribution in [2.75, 3.05) is 5.32 Å². The van der Waals surface area contributed by atoms with Crippen molar-refractivity contribution in [2.45, 2.75) is 13.5 Å². The standard InChI is InChI=1S/C12H14N4O/c1-9(17)10-3-5-11(6-4-10)13-7-12-15-14-8-16(12)2/h3-6,8,13H,7H2,1-2H3. The van der Waals surface area contributed by atoms with E-state index in [-0.39, 0.29) is 5.78 Å². The van der Waals surface area contributed by atoms with Crippen molar-refractivity contribution >= 4 is 11.5 Å². The molecule has 0 fully saturated rings. The lowest BCUT2D eigenvalue weighted by Gasteiger charge is -2.06. The van der Waals surface area contributed by atoms with Crippen LogP contribution in [0.2, 0.25) is 0 Å². The Morgan fingerprint density at radius 3 is 2.59 bits per heavy atom.